The Balaban J connectivity index is 1.89. The average molecular weight is 255 g/mol. The topological polar surface area (TPSA) is 66.5 Å². The third-order valence-electron chi connectivity index (χ3n) is 1.80. The Morgan fingerprint density at radius 2 is 2.44 bits per heavy atom. The highest BCUT2D eigenvalue weighted by Gasteiger charge is 2.04. The van der Waals surface area contributed by atoms with E-state index in [1.165, 1.54) is 4.88 Å². The second-order valence-electron chi connectivity index (χ2n) is 3.15. The van der Waals surface area contributed by atoms with Gasteiger partial charge in [0.1, 0.15) is 5.82 Å². The summed E-state index contributed by atoms with van der Waals surface area (Å²) >= 11 is 3.29. The van der Waals surface area contributed by atoms with Crippen molar-refractivity contribution in [2.45, 2.75) is 24.8 Å². The largest absolute Gasteiger partial charge is 0.362 e. The third-order valence-corrected chi connectivity index (χ3v) is 3.84. The molecule has 2 N–H and O–H groups in total. The summed E-state index contributed by atoms with van der Waals surface area (Å²) in [6.45, 7) is 4.86. The minimum absolute atomic E-state index is 0.788. The molecule has 0 radical (unpaired) electrons. The second kappa shape index (κ2) is 5.31. The van der Waals surface area contributed by atoms with Gasteiger partial charge in [-0.05, 0) is 13.8 Å². The van der Waals surface area contributed by atoms with Crippen molar-refractivity contribution >= 4 is 28.2 Å². The minimum Gasteiger partial charge on any atom is -0.362 e. The number of nitrogens with zero attached hydrogens (tertiary/aromatic N) is 3. The van der Waals surface area contributed by atoms with Gasteiger partial charge >= 0.3 is 0 Å². The van der Waals surface area contributed by atoms with E-state index in [9.17, 15) is 0 Å². The number of aromatic amines is 1. The molecule has 0 atom stereocenters. The zero-order chi connectivity index (χ0) is 11.4. The summed E-state index contributed by atoms with van der Waals surface area (Å²) in [5.41, 5.74) is 0. The van der Waals surface area contributed by atoms with Gasteiger partial charge in [0.25, 0.3) is 0 Å². The van der Waals surface area contributed by atoms with E-state index in [1.807, 2.05) is 13.1 Å². The Hall–Kier alpha value is -1.08. The average Bonchev–Trinajstić information content (AvgIpc) is 2.85. The van der Waals surface area contributed by atoms with Crippen LogP contribution in [0.2, 0.25) is 0 Å². The van der Waals surface area contributed by atoms with Gasteiger partial charge in [-0.15, -0.1) is 16.4 Å². The summed E-state index contributed by atoms with van der Waals surface area (Å²) in [7, 11) is 0. The number of thiazole rings is 1. The van der Waals surface area contributed by atoms with Crippen LogP contribution in [-0.2, 0) is 5.75 Å². The number of anilines is 1. The number of thioether (sulfide) groups is 1. The van der Waals surface area contributed by atoms with E-state index >= 15 is 0 Å². The molecular formula is C9H13N5S2. The molecule has 86 valence electrons. The molecule has 0 aromatic carbocycles. The molecule has 0 amide bonds. The predicted octanol–water partition coefficient (Wildman–Crippen LogP) is 2.29. The molecule has 5 nitrogen and oxygen atoms in total. The number of nitrogens with one attached hydrogen (secondary N) is 2. The molecule has 2 aromatic heterocycles. The van der Waals surface area contributed by atoms with Crippen LogP contribution in [0.15, 0.2) is 11.4 Å². The van der Waals surface area contributed by atoms with E-state index in [0.29, 0.717) is 0 Å². The van der Waals surface area contributed by atoms with Gasteiger partial charge in [0.15, 0.2) is 5.13 Å². The summed E-state index contributed by atoms with van der Waals surface area (Å²) in [5.74, 6) is 1.71. The van der Waals surface area contributed by atoms with Crippen LogP contribution in [-0.4, -0.2) is 26.7 Å². The molecule has 0 unspecified atom stereocenters. The lowest BCUT2D eigenvalue weighted by molar-refractivity contribution is 0.969. The number of rotatable bonds is 5. The summed E-state index contributed by atoms with van der Waals surface area (Å²) in [6.07, 6.45) is 1.90. The van der Waals surface area contributed by atoms with Crippen molar-refractivity contribution in [3.05, 3.63) is 16.9 Å². The maximum absolute atomic E-state index is 4.27. The van der Waals surface area contributed by atoms with Crippen molar-refractivity contribution in [2.24, 2.45) is 0 Å². The molecule has 0 fully saturated rings. The third kappa shape index (κ3) is 2.96. The van der Waals surface area contributed by atoms with E-state index in [0.717, 1.165) is 28.4 Å². The van der Waals surface area contributed by atoms with Crippen LogP contribution >= 0.6 is 23.1 Å². The Bertz CT molecular complexity index is 450. The summed E-state index contributed by atoms with van der Waals surface area (Å²) in [6, 6.07) is 0. The van der Waals surface area contributed by atoms with Crippen molar-refractivity contribution < 1.29 is 0 Å². The number of hydrogen-bond donors (Lipinski definition) is 2. The van der Waals surface area contributed by atoms with E-state index in [1.54, 1.807) is 23.1 Å². The van der Waals surface area contributed by atoms with Gasteiger partial charge in [0.2, 0.25) is 5.16 Å². The highest BCUT2D eigenvalue weighted by molar-refractivity contribution is 7.98. The highest BCUT2D eigenvalue weighted by atomic mass is 32.2. The van der Waals surface area contributed by atoms with Crippen molar-refractivity contribution in [3.63, 3.8) is 0 Å². The zero-order valence-electron chi connectivity index (χ0n) is 9.15. The fraction of sp³-hybridized carbons (Fsp3) is 0.444. The van der Waals surface area contributed by atoms with Crippen LogP contribution < -0.4 is 5.32 Å². The lowest BCUT2D eigenvalue weighted by Crippen LogP contribution is -1.94. The Kier molecular flexibility index (Phi) is 3.79. The smallest absolute Gasteiger partial charge is 0.208 e. The summed E-state index contributed by atoms with van der Waals surface area (Å²) in [4.78, 5) is 9.73. The van der Waals surface area contributed by atoms with E-state index < -0.39 is 0 Å². The molecule has 0 bridgehead atoms. The van der Waals surface area contributed by atoms with Crippen LogP contribution in [0.1, 0.15) is 17.6 Å². The van der Waals surface area contributed by atoms with Crippen molar-refractivity contribution in [1.29, 1.82) is 0 Å². The van der Waals surface area contributed by atoms with E-state index in [-0.39, 0.29) is 0 Å². The SMILES string of the molecule is CCNc1ncc(CSc2n[nH]c(C)n2)s1. The molecule has 0 aliphatic rings. The maximum Gasteiger partial charge on any atom is 0.208 e. The number of H-pyrrole nitrogens is 1. The molecule has 0 aliphatic heterocycles. The fourth-order valence-electron chi connectivity index (χ4n) is 1.13. The van der Waals surface area contributed by atoms with Gasteiger partial charge in [-0.1, -0.05) is 11.8 Å². The van der Waals surface area contributed by atoms with Crippen LogP contribution in [0.5, 0.6) is 0 Å². The zero-order valence-corrected chi connectivity index (χ0v) is 10.8. The molecule has 2 aromatic rings. The van der Waals surface area contributed by atoms with E-state index in [4.69, 9.17) is 0 Å². The van der Waals surface area contributed by atoms with Crippen molar-refractivity contribution in [1.82, 2.24) is 20.2 Å². The van der Waals surface area contributed by atoms with Gasteiger partial charge in [0, 0.05) is 23.4 Å². The van der Waals surface area contributed by atoms with Gasteiger partial charge in [-0.3, -0.25) is 5.10 Å². The quantitative estimate of drug-likeness (QED) is 0.802. The molecule has 2 rings (SSSR count). The van der Waals surface area contributed by atoms with Crippen LogP contribution in [0.3, 0.4) is 0 Å². The molecule has 0 saturated carbocycles. The van der Waals surface area contributed by atoms with Gasteiger partial charge in [-0.25, -0.2) is 9.97 Å². The number of aromatic nitrogens is 4. The first kappa shape index (κ1) is 11.4. The van der Waals surface area contributed by atoms with E-state index in [2.05, 4.69) is 32.4 Å². The molecule has 16 heavy (non-hydrogen) atoms. The minimum atomic E-state index is 0.788. The molecular weight excluding hydrogens is 242 g/mol. The van der Waals surface area contributed by atoms with Gasteiger partial charge in [0.05, 0.1) is 0 Å². The monoisotopic (exact) mass is 255 g/mol. The lowest BCUT2D eigenvalue weighted by Gasteiger charge is -1.94. The second-order valence-corrected chi connectivity index (χ2v) is 5.21. The molecule has 7 heteroatoms. The lowest BCUT2D eigenvalue weighted by atomic mass is 10.6. The molecule has 0 saturated heterocycles. The van der Waals surface area contributed by atoms with Crippen LogP contribution in [0.4, 0.5) is 5.13 Å². The van der Waals surface area contributed by atoms with Crippen LogP contribution in [0.25, 0.3) is 0 Å². The van der Waals surface area contributed by atoms with Crippen molar-refractivity contribution in [3.8, 4) is 0 Å². The molecule has 0 aliphatic carbocycles. The number of aryl methyl sites for hydroxylation is 1. The first-order valence-corrected chi connectivity index (χ1v) is 6.78. The van der Waals surface area contributed by atoms with Crippen molar-refractivity contribution in [2.75, 3.05) is 11.9 Å². The predicted molar refractivity (Wildman–Crippen MR) is 67.0 cm³/mol. The van der Waals surface area contributed by atoms with Gasteiger partial charge in [-0.2, -0.15) is 0 Å². The first-order valence-electron chi connectivity index (χ1n) is 4.98. The first-order chi connectivity index (χ1) is 7.78. The normalized spacial score (nSPS) is 10.6. The maximum atomic E-state index is 4.27. The Morgan fingerprint density at radius 1 is 1.56 bits per heavy atom. The molecule has 0 spiro atoms. The number of hydrogen-bond acceptors (Lipinski definition) is 6. The summed E-state index contributed by atoms with van der Waals surface area (Å²) in [5, 5.41) is 11.8. The van der Waals surface area contributed by atoms with Gasteiger partial charge < -0.3 is 5.32 Å². The summed E-state index contributed by atoms with van der Waals surface area (Å²) < 4.78 is 0. The Morgan fingerprint density at radius 3 is 3.12 bits per heavy atom. The fourth-order valence-corrected chi connectivity index (χ4v) is 2.88. The standard InChI is InChI=1S/C9H13N5S2/c1-3-10-8-11-4-7(16-8)5-15-9-12-6(2)13-14-9/h4H,3,5H2,1-2H3,(H,10,11)(H,12,13,14). The van der Waals surface area contributed by atoms with Crippen LogP contribution in [0, 0.1) is 6.92 Å². The molecule has 2 heterocycles. The highest BCUT2D eigenvalue weighted by Crippen LogP contribution is 2.25. The Labute approximate surface area is 102 Å².